The third kappa shape index (κ3) is 3.06. The lowest BCUT2D eigenvalue weighted by atomic mass is 10.1. The van der Waals surface area contributed by atoms with Crippen LogP contribution in [0.2, 0.25) is 0 Å². The summed E-state index contributed by atoms with van der Waals surface area (Å²) in [5, 5.41) is 5.57. The van der Waals surface area contributed by atoms with Crippen molar-refractivity contribution < 1.29 is 4.74 Å². The highest BCUT2D eigenvalue weighted by molar-refractivity contribution is 7.13. The first-order valence-electron chi connectivity index (χ1n) is 7.95. The van der Waals surface area contributed by atoms with Crippen LogP contribution in [0.5, 0.6) is 0 Å². The molecule has 0 saturated carbocycles. The Hall–Kier alpha value is -0.950. The number of rotatable bonds is 4. The number of hydrogen-bond donors (Lipinski definition) is 0. The molecule has 2 aliphatic heterocycles. The molecule has 22 heavy (non-hydrogen) atoms. The summed E-state index contributed by atoms with van der Waals surface area (Å²) in [6, 6.07) is 4.64. The van der Waals surface area contributed by atoms with Crippen molar-refractivity contribution in [2.24, 2.45) is 0 Å². The Bertz CT molecular complexity index is 592. The monoisotopic (exact) mass is 335 g/mol. The van der Waals surface area contributed by atoms with Crippen LogP contribution in [0.15, 0.2) is 22.9 Å². The molecule has 0 aromatic carbocycles. The van der Waals surface area contributed by atoms with E-state index < -0.39 is 0 Å². The molecule has 0 unspecified atom stereocenters. The van der Waals surface area contributed by atoms with Gasteiger partial charge in [0.25, 0.3) is 0 Å². The Morgan fingerprint density at radius 1 is 1.23 bits per heavy atom. The average Bonchev–Trinajstić information content (AvgIpc) is 3.30. The van der Waals surface area contributed by atoms with Gasteiger partial charge < -0.3 is 9.64 Å². The van der Waals surface area contributed by atoms with Gasteiger partial charge in [0.05, 0.1) is 24.9 Å². The van der Waals surface area contributed by atoms with Gasteiger partial charge in [-0.05, 0) is 24.3 Å². The number of thiazole rings is 1. The normalized spacial score (nSPS) is 23.3. The first-order chi connectivity index (χ1) is 10.9. The molecule has 0 spiro atoms. The van der Waals surface area contributed by atoms with Crippen molar-refractivity contribution in [2.45, 2.75) is 25.4 Å². The maximum absolute atomic E-state index is 5.73. The number of ether oxygens (including phenoxy) is 1. The van der Waals surface area contributed by atoms with Gasteiger partial charge in [0.1, 0.15) is 0 Å². The summed E-state index contributed by atoms with van der Waals surface area (Å²) in [6.07, 6.45) is 2.60. The van der Waals surface area contributed by atoms with E-state index in [1.165, 1.54) is 28.5 Å². The summed E-state index contributed by atoms with van der Waals surface area (Å²) in [7, 11) is 0. The van der Waals surface area contributed by atoms with Gasteiger partial charge in [-0.1, -0.05) is 6.07 Å². The number of thiophene rings is 1. The highest BCUT2D eigenvalue weighted by atomic mass is 32.1. The van der Waals surface area contributed by atoms with Gasteiger partial charge in [-0.25, -0.2) is 4.98 Å². The van der Waals surface area contributed by atoms with E-state index in [1.54, 1.807) is 11.3 Å². The Balaban J connectivity index is 1.51. The molecule has 0 bridgehead atoms. The molecule has 2 saturated heterocycles. The highest BCUT2D eigenvalue weighted by Crippen LogP contribution is 2.31. The van der Waals surface area contributed by atoms with Crippen LogP contribution in [-0.4, -0.2) is 42.7 Å². The fourth-order valence-corrected chi connectivity index (χ4v) is 4.84. The fraction of sp³-hybridized carbons (Fsp3) is 0.562. The van der Waals surface area contributed by atoms with Crippen molar-refractivity contribution in [2.75, 3.05) is 37.7 Å². The molecule has 2 aromatic rings. The maximum Gasteiger partial charge on any atom is 0.185 e. The van der Waals surface area contributed by atoms with E-state index in [4.69, 9.17) is 9.72 Å². The van der Waals surface area contributed by atoms with Crippen molar-refractivity contribution in [3.63, 3.8) is 0 Å². The largest absolute Gasteiger partial charge is 0.378 e. The van der Waals surface area contributed by atoms with Gasteiger partial charge in [0.2, 0.25) is 0 Å². The van der Waals surface area contributed by atoms with Gasteiger partial charge in [0.15, 0.2) is 5.13 Å². The van der Waals surface area contributed by atoms with Gasteiger partial charge in [-0.3, -0.25) is 4.90 Å². The van der Waals surface area contributed by atoms with Crippen molar-refractivity contribution in [3.05, 3.63) is 33.5 Å². The van der Waals surface area contributed by atoms with E-state index in [0.717, 1.165) is 39.4 Å². The van der Waals surface area contributed by atoms with Crippen LogP contribution in [0.4, 0.5) is 5.13 Å². The van der Waals surface area contributed by atoms with Crippen molar-refractivity contribution in [1.29, 1.82) is 0 Å². The minimum Gasteiger partial charge on any atom is -0.378 e. The van der Waals surface area contributed by atoms with Gasteiger partial charge in [0, 0.05) is 36.4 Å². The molecule has 1 atom stereocenters. The summed E-state index contributed by atoms with van der Waals surface area (Å²) in [5.74, 6) is 0. The van der Waals surface area contributed by atoms with E-state index in [0.29, 0.717) is 6.04 Å². The van der Waals surface area contributed by atoms with Crippen LogP contribution in [0, 0.1) is 0 Å². The summed E-state index contributed by atoms with van der Waals surface area (Å²) >= 11 is 3.62. The lowest BCUT2D eigenvalue weighted by Crippen LogP contribution is -2.39. The molecule has 4 nitrogen and oxygen atoms in total. The Kier molecular flexibility index (Phi) is 4.43. The number of aromatic nitrogens is 1. The molecule has 0 aliphatic carbocycles. The molecule has 4 heterocycles. The van der Waals surface area contributed by atoms with Gasteiger partial charge in [-0.15, -0.1) is 22.7 Å². The second-order valence-electron chi connectivity index (χ2n) is 5.89. The second kappa shape index (κ2) is 6.66. The number of hydrogen-bond acceptors (Lipinski definition) is 6. The van der Waals surface area contributed by atoms with Crippen LogP contribution in [-0.2, 0) is 11.3 Å². The van der Waals surface area contributed by atoms with Gasteiger partial charge >= 0.3 is 0 Å². The first kappa shape index (κ1) is 14.6. The molecule has 6 heteroatoms. The van der Waals surface area contributed by atoms with E-state index >= 15 is 0 Å². The molecule has 0 radical (unpaired) electrons. The van der Waals surface area contributed by atoms with Crippen LogP contribution in [0.25, 0.3) is 0 Å². The fourth-order valence-electron chi connectivity index (χ4n) is 3.19. The predicted molar refractivity (Wildman–Crippen MR) is 91.9 cm³/mol. The Morgan fingerprint density at radius 3 is 2.95 bits per heavy atom. The average molecular weight is 335 g/mol. The standard InChI is InChI=1S/C16H21N3OS2/c1-2-6-18(5-1)16-17-14(12-22-16)15-11-20-8-7-19(15)10-13-4-3-9-21-13/h3-4,9,12,15H,1-2,5-8,10-11H2/t15-/m0/s1. The Morgan fingerprint density at radius 2 is 2.14 bits per heavy atom. The highest BCUT2D eigenvalue weighted by Gasteiger charge is 2.28. The Labute approximate surface area is 139 Å². The third-order valence-electron chi connectivity index (χ3n) is 4.41. The lowest BCUT2D eigenvalue weighted by molar-refractivity contribution is -0.0135. The molecule has 2 aromatic heterocycles. The van der Waals surface area contributed by atoms with Crippen molar-refractivity contribution in [3.8, 4) is 0 Å². The third-order valence-corrected chi connectivity index (χ3v) is 6.19. The molecule has 0 N–H and O–H groups in total. The molecule has 2 fully saturated rings. The van der Waals surface area contributed by atoms with Crippen LogP contribution in [0.3, 0.4) is 0 Å². The zero-order valence-corrected chi connectivity index (χ0v) is 14.2. The zero-order valence-electron chi connectivity index (χ0n) is 12.6. The quantitative estimate of drug-likeness (QED) is 0.856. The summed E-state index contributed by atoms with van der Waals surface area (Å²) in [6.45, 7) is 5.89. The SMILES string of the molecule is c1csc(CN2CCOC[C@H]2c2csc(N3CCCC3)n2)c1. The maximum atomic E-state index is 5.73. The van der Waals surface area contributed by atoms with Crippen LogP contribution in [0.1, 0.15) is 29.5 Å². The summed E-state index contributed by atoms with van der Waals surface area (Å²) in [5.41, 5.74) is 1.18. The van der Waals surface area contributed by atoms with Crippen molar-refractivity contribution in [1.82, 2.24) is 9.88 Å². The first-order valence-corrected chi connectivity index (χ1v) is 9.70. The number of morpholine rings is 1. The van der Waals surface area contributed by atoms with E-state index in [-0.39, 0.29) is 0 Å². The van der Waals surface area contributed by atoms with E-state index in [9.17, 15) is 0 Å². The number of anilines is 1. The number of nitrogens with zero attached hydrogens (tertiary/aromatic N) is 3. The zero-order chi connectivity index (χ0) is 14.8. The second-order valence-corrected chi connectivity index (χ2v) is 7.76. The van der Waals surface area contributed by atoms with Crippen LogP contribution < -0.4 is 4.90 Å². The molecule has 118 valence electrons. The minimum absolute atomic E-state index is 0.295. The molecular weight excluding hydrogens is 314 g/mol. The molecular formula is C16H21N3OS2. The summed E-state index contributed by atoms with van der Waals surface area (Å²) < 4.78 is 5.73. The summed E-state index contributed by atoms with van der Waals surface area (Å²) in [4.78, 5) is 11.3. The molecule has 0 amide bonds. The molecule has 4 rings (SSSR count). The lowest BCUT2D eigenvalue weighted by Gasteiger charge is -2.34. The van der Waals surface area contributed by atoms with Gasteiger partial charge in [-0.2, -0.15) is 0 Å². The topological polar surface area (TPSA) is 28.6 Å². The van der Waals surface area contributed by atoms with E-state index in [2.05, 4.69) is 32.7 Å². The molecule has 2 aliphatic rings. The smallest absolute Gasteiger partial charge is 0.185 e. The van der Waals surface area contributed by atoms with Crippen LogP contribution >= 0.6 is 22.7 Å². The van der Waals surface area contributed by atoms with E-state index in [1.807, 2.05) is 11.3 Å². The predicted octanol–water partition coefficient (Wildman–Crippen LogP) is 3.38. The minimum atomic E-state index is 0.295. The van der Waals surface area contributed by atoms with Crippen molar-refractivity contribution >= 4 is 27.8 Å².